The summed E-state index contributed by atoms with van der Waals surface area (Å²) in [6, 6.07) is 0. The van der Waals surface area contributed by atoms with E-state index >= 15 is 0 Å². The van der Waals surface area contributed by atoms with Gasteiger partial charge in [-0.05, 0) is 27.7 Å². The van der Waals surface area contributed by atoms with E-state index in [4.69, 9.17) is 9.47 Å². The average Bonchev–Trinajstić information content (AvgIpc) is 2.74. The highest BCUT2D eigenvalue weighted by Gasteiger charge is 2.18. The highest BCUT2D eigenvalue weighted by Crippen LogP contribution is 2.22. The molecule has 0 radical (unpaired) electrons. The van der Waals surface area contributed by atoms with E-state index in [2.05, 4.69) is 4.98 Å². The molecule has 0 amide bonds. The van der Waals surface area contributed by atoms with Gasteiger partial charge in [0.2, 0.25) is 0 Å². The van der Waals surface area contributed by atoms with Crippen LogP contribution in [-0.4, -0.2) is 29.8 Å². The highest BCUT2D eigenvalue weighted by molar-refractivity contribution is 7.09. The van der Waals surface area contributed by atoms with Crippen molar-refractivity contribution in [3.05, 3.63) is 16.1 Å². The van der Waals surface area contributed by atoms with Crippen LogP contribution in [0.2, 0.25) is 0 Å². The molecule has 102 valence electrons. The molecule has 0 aliphatic carbocycles. The lowest BCUT2D eigenvalue weighted by Gasteiger charge is -2.21. The molecule has 0 saturated heterocycles. The van der Waals surface area contributed by atoms with E-state index in [9.17, 15) is 4.79 Å². The normalized spacial score (nSPS) is 13.4. The number of carbonyl (C=O) groups excluding carboxylic acids is 1. The third kappa shape index (κ3) is 4.74. The van der Waals surface area contributed by atoms with Gasteiger partial charge in [0.15, 0.2) is 5.69 Å². The number of hydrogen-bond donors (Lipinski definition) is 0. The minimum absolute atomic E-state index is 0.157. The molecule has 1 aromatic rings. The van der Waals surface area contributed by atoms with Crippen LogP contribution < -0.4 is 0 Å². The molecule has 0 N–H and O–H groups in total. The summed E-state index contributed by atoms with van der Waals surface area (Å²) in [5.74, 6) is -0.179. The van der Waals surface area contributed by atoms with Crippen LogP contribution in [0.4, 0.5) is 0 Å². The first-order chi connectivity index (χ1) is 8.33. The molecule has 4 nitrogen and oxygen atoms in total. The summed E-state index contributed by atoms with van der Waals surface area (Å²) < 4.78 is 10.6. The van der Waals surface area contributed by atoms with Crippen molar-refractivity contribution in [1.29, 1.82) is 0 Å². The average molecular weight is 271 g/mol. The fourth-order valence-electron chi connectivity index (χ4n) is 1.26. The Kier molecular flexibility index (Phi) is 5.28. The molecular weight excluding hydrogens is 250 g/mol. The first-order valence-electron chi connectivity index (χ1n) is 6.10. The monoisotopic (exact) mass is 271 g/mol. The van der Waals surface area contributed by atoms with Crippen molar-refractivity contribution in [1.82, 2.24) is 4.98 Å². The lowest BCUT2D eigenvalue weighted by molar-refractivity contribution is -0.00893. The van der Waals surface area contributed by atoms with Crippen molar-refractivity contribution in [2.24, 2.45) is 0 Å². The Bertz CT molecular complexity index is 395. The van der Waals surface area contributed by atoms with E-state index in [0.717, 1.165) is 5.01 Å². The molecule has 0 fully saturated rings. The number of nitrogens with zero attached hydrogens (tertiary/aromatic N) is 1. The molecule has 1 heterocycles. The smallest absolute Gasteiger partial charge is 0.357 e. The van der Waals surface area contributed by atoms with Gasteiger partial charge in [-0.25, -0.2) is 9.78 Å². The number of esters is 1. The van der Waals surface area contributed by atoms with Crippen LogP contribution in [0.1, 0.15) is 56.0 Å². The number of aromatic nitrogens is 1. The first kappa shape index (κ1) is 15.1. The van der Waals surface area contributed by atoms with Crippen LogP contribution in [0.3, 0.4) is 0 Å². The molecule has 1 atom stereocenters. The van der Waals surface area contributed by atoms with Crippen LogP contribution in [0.15, 0.2) is 5.38 Å². The number of carbonyl (C=O) groups is 1. The van der Waals surface area contributed by atoms with Crippen LogP contribution >= 0.6 is 11.3 Å². The Hall–Kier alpha value is -0.940. The van der Waals surface area contributed by atoms with E-state index in [1.165, 1.54) is 11.3 Å². The third-order valence-corrected chi connectivity index (χ3v) is 3.27. The SMILES string of the molecule is CCOC(=O)c1csc([C@H](C)COC(C)(C)C)n1. The van der Waals surface area contributed by atoms with Crippen molar-refractivity contribution in [3.8, 4) is 0 Å². The summed E-state index contributed by atoms with van der Waals surface area (Å²) in [5.41, 5.74) is 0.231. The first-order valence-corrected chi connectivity index (χ1v) is 6.98. The molecule has 0 aliphatic rings. The molecule has 0 unspecified atom stereocenters. The molecular formula is C13H21NO3S. The van der Waals surface area contributed by atoms with E-state index in [1.807, 2.05) is 27.7 Å². The predicted molar refractivity (Wildman–Crippen MR) is 72.2 cm³/mol. The van der Waals surface area contributed by atoms with Gasteiger partial charge in [-0.2, -0.15) is 0 Å². The maximum absolute atomic E-state index is 11.5. The van der Waals surface area contributed by atoms with Gasteiger partial charge in [-0.15, -0.1) is 11.3 Å². The Morgan fingerprint density at radius 1 is 1.50 bits per heavy atom. The summed E-state index contributed by atoms with van der Waals surface area (Å²) in [7, 11) is 0. The molecule has 0 spiro atoms. The molecule has 0 aliphatic heterocycles. The topological polar surface area (TPSA) is 48.4 Å². The van der Waals surface area contributed by atoms with Gasteiger partial charge < -0.3 is 9.47 Å². The van der Waals surface area contributed by atoms with Crippen LogP contribution in [0.5, 0.6) is 0 Å². The van der Waals surface area contributed by atoms with E-state index in [1.54, 1.807) is 12.3 Å². The van der Waals surface area contributed by atoms with Crippen LogP contribution in [0.25, 0.3) is 0 Å². The van der Waals surface area contributed by atoms with Gasteiger partial charge in [0, 0.05) is 11.3 Å². The highest BCUT2D eigenvalue weighted by atomic mass is 32.1. The number of hydrogen-bond acceptors (Lipinski definition) is 5. The quantitative estimate of drug-likeness (QED) is 0.771. The number of ether oxygens (including phenoxy) is 2. The van der Waals surface area contributed by atoms with Gasteiger partial charge in [0.1, 0.15) is 0 Å². The van der Waals surface area contributed by atoms with Crippen molar-refractivity contribution in [2.75, 3.05) is 13.2 Å². The van der Waals surface area contributed by atoms with E-state index < -0.39 is 0 Å². The Balaban J connectivity index is 2.59. The maximum atomic E-state index is 11.5. The zero-order chi connectivity index (χ0) is 13.8. The minimum atomic E-state index is -0.357. The second-order valence-electron chi connectivity index (χ2n) is 5.12. The lowest BCUT2D eigenvalue weighted by Crippen LogP contribution is -2.22. The zero-order valence-electron chi connectivity index (χ0n) is 11.6. The third-order valence-electron chi connectivity index (χ3n) is 2.19. The number of thiazole rings is 1. The van der Waals surface area contributed by atoms with Gasteiger partial charge in [0.05, 0.1) is 23.8 Å². The summed E-state index contributed by atoms with van der Waals surface area (Å²) in [6.45, 7) is 10.8. The molecule has 5 heteroatoms. The second kappa shape index (κ2) is 6.29. The Morgan fingerprint density at radius 3 is 2.72 bits per heavy atom. The van der Waals surface area contributed by atoms with Crippen molar-refractivity contribution < 1.29 is 14.3 Å². The summed E-state index contributed by atoms with van der Waals surface area (Å²) >= 11 is 1.47. The molecule has 0 saturated carbocycles. The molecule has 0 bridgehead atoms. The summed E-state index contributed by atoms with van der Waals surface area (Å²) in [6.07, 6.45) is 0. The Morgan fingerprint density at radius 2 is 2.17 bits per heavy atom. The van der Waals surface area contributed by atoms with Crippen molar-refractivity contribution in [2.45, 2.75) is 46.1 Å². The largest absolute Gasteiger partial charge is 0.461 e. The van der Waals surface area contributed by atoms with Gasteiger partial charge >= 0.3 is 5.97 Å². The lowest BCUT2D eigenvalue weighted by atomic mass is 10.1. The molecule has 1 rings (SSSR count). The molecule has 18 heavy (non-hydrogen) atoms. The van der Waals surface area contributed by atoms with Gasteiger partial charge in [0.25, 0.3) is 0 Å². The second-order valence-corrected chi connectivity index (χ2v) is 6.01. The molecule has 1 aromatic heterocycles. The zero-order valence-corrected chi connectivity index (χ0v) is 12.5. The summed E-state index contributed by atoms with van der Waals surface area (Å²) in [5, 5.41) is 2.64. The Labute approximate surface area is 112 Å². The number of rotatable bonds is 5. The molecule has 0 aromatic carbocycles. The minimum Gasteiger partial charge on any atom is -0.461 e. The van der Waals surface area contributed by atoms with E-state index in [-0.39, 0.29) is 17.5 Å². The maximum Gasteiger partial charge on any atom is 0.357 e. The van der Waals surface area contributed by atoms with Gasteiger partial charge in [-0.1, -0.05) is 6.92 Å². The van der Waals surface area contributed by atoms with Crippen LogP contribution in [-0.2, 0) is 9.47 Å². The van der Waals surface area contributed by atoms with Crippen molar-refractivity contribution >= 4 is 17.3 Å². The predicted octanol–water partition coefficient (Wildman–Crippen LogP) is 3.24. The fourth-order valence-corrected chi connectivity index (χ4v) is 2.09. The fraction of sp³-hybridized carbons (Fsp3) is 0.692. The van der Waals surface area contributed by atoms with E-state index in [0.29, 0.717) is 18.9 Å². The van der Waals surface area contributed by atoms with Gasteiger partial charge in [-0.3, -0.25) is 0 Å². The summed E-state index contributed by atoms with van der Waals surface area (Å²) in [4.78, 5) is 15.8. The van der Waals surface area contributed by atoms with Crippen LogP contribution in [0, 0.1) is 0 Å². The standard InChI is InChI=1S/C13H21NO3S/c1-6-16-12(15)10-8-18-11(14-10)9(2)7-17-13(3,4)5/h8-9H,6-7H2,1-5H3/t9-/m1/s1. The van der Waals surface area contributed by atoms with Crippen molar-refractivity contribution in [3.63, 3.8) is 0 Å².